The van der Waals surface area contributed by atoms with Crippen molar-refractivity contribution in [3.63, 3.8) is 0 Å². The van der Waals surface area contributed by atoms with E-state index in [1.54, 1.807) is 6.08 Å². The van der Waals surface area contributed by atoms with Crippen LogP contribution in [0.4, 0.5) is 0 Å². The maximum Gasteiger partial charge on any atom is 0.305 e. The van der Waals surface area contributed by atoms with Gasteiger partial charge in [-0.1, -0.05) is 51.3 Å². The molecule has 2 rings (SSSR count). The third-order valence-electron chi connectivity index (χ3n) is 6.97. The van der Waals surface area contributed by atoms with Gasteiger partial charge in [-0.05, 0) is 62.9 Å². The van der Waals surface area contributed by atoms with Crippen LogP contribution in [0.25, 0.3) is 0 Å². The number of ketones is 1. The highest BCUT2D eigenvalue weighted by molar-refractivity contribution is 6.21. The fourth-order valence-corrected chi connectivity index (χ4v) is 5.37. The largest absolute Gasteiger partial charge is 0.469 e. The van der Waals surface area contributed by atoms with Crippen molar-refractivity contribution < 1.29 is 23.8 Å². The van der Waals surface area contributed by atoms with Crippen LogP contribution in [0, 0.1) is 17.8 Å². The molecule has 0 aromatic heterocycles. The van der Waals surface area contributed by atoms with Gasteiger partial charge in [0.25, 0.3) is 0 Å². The molecule has 1 heterocycles. The van der Waals surface area contributed by atoms with E-state index in [-0.39, 0.29) is 41.4 Å². The molecule has 34 heavy (non-hydrogen) atoms. The molecule has 0 aromatic rings. The summed E-state index contributed by atoms with van der Waals surface area (Å²) in [6, 6.07) is 0. The van der Waals surface area contributed by atoms with Gasteiger partial charge in [0.05, 0.1) is 13.2 Å². The summed E-state index contributed by atoms with van der Waals surface area (Å²) in [4.78, 5) is 23.9. The molecule has 5 nitrogen and oxygen atoms in total. The van der Waals surface area contributed by atoms with E-state index in [1.165, 1.54) is 13.5 Å². The first kappa shape index (κ1) is 29.1. The first-order valence-corrected chi connectivity index (χ1v) is 13.7. The molecule has 0 spiro atoms. The molecule has 1 saturated heterocycles. The van der Waals surface area contributed by atoms with Crippen molar-refractivity contribution in [3.05, 3.63) is 24.3 Å². The Balaban J connectivity index is 1.97. The predicted molar refractivity (Wildman–Crippen MR) is 137 cm³/mol. The van der Waals surface area contributed by atoms with Gasteiger partial charge in [-0.25, -0.2) is 0 Å². The van der Waals surface area contributed by atoms with Crippen LogP contribution >= 0.6 is 11.6 Å². The average molecular weight is 497 g/mol. The van der Waals surface area contributed by atoms with Crippen molar-refractivity contribution in [1.29, 1.82) is 0 Å². The van der Waals surface area contributed by atoms with Crippen molar-refractivity contribution in [2.24, 2.45) is 17.8 Å². The number of hydrogen-bond donors (Lipinski definition) is 0. The topological polar surface area (TPSA) is 61.8 Å². The van der Waals surface area contributed by atoms with Crippen LogP contribution in [0.3, 0.4) is 0 Å². The van der Waals surface area contributed by atoms with Crippen LogP contribution in [0.15, 0.2) is 24.3 Å². The summed E-state index contributed by atoms with van der Waals surface area (Å²) < 4.78 is 16.9. The molecule has 194 valence electrons. The Hall–Kier alpha value is -1.17. The van der Waals surface area contributed by atoms with E-state index in [9.17, 15) is 9.59 Å². The summed E-state index contributed by atoms with van der Waals surface area (Å²) in [5, 5.41) is -0.0125. The molecular weight excluding hydrogens is 452 g/mol. The summed E-state index contributed by atoms with van der Waals surface area (Å²) >= 11 is 6.81. The Bertz CT molecular complexity index is 655. The molecule has 1 saturated carbocycles. The first-order valence-electron chi connectivity index (χ1n) is 13.3. The maximum atomic E-state index is 12.6. The third-order valence-corrected chi connectivity index (χ3v) is 7.47. The van der Waals surface area contributed by atoms with E-state index in [0.29, 0.717) is 18.8 Å². The van der Waals surface area contributed by atoms with Gasteiger partial charge in [-0.2, -0.15) is 0 Å². The molecule has 0 aromatic carbocycles. The summed E-state index contributed by atoms with van der Waals surface area (Å²) in [5.41, 5.74) is 0. The number of allylic oxidation sites excluding steroid dienone is 3. The second-order valence-electron chi connectivity index (χ2n) is 9.92. The Morgan fingerprint density at radius 3 is 2.74 bits per heavy atom. The van der Waals surface area contributed by atoms with Gasteiger partial charge in [0.15, 0.2) is 12.1 Å². The molecule has 6 atom stereocenters. The van der Waals surface area contributed by atoms with E-state index in [1.807, 2.05) is 0 Å². The quantitative estimate of drug-likeness (QED) is 0.0822. The normalized spacial score (nSPS) is 28.5. The van der Waals surface area contributed by atoms with Crippen LogP contribution in [0.1, 0.15) is 90.9 Å². The van der Waals surface area contributed by atoms with Crippen LogP contribution in [-0.4, -0.2) is 43.2 Å². The summed E-state index contributed by atoms with van der Waals surface area (Å²) in [5.74, 6) is 0.712. The van der Waals surface area contributed by atoms with Crippen molar-refractivity contribution in [3.8, 4) is 0 Å². The fourth-order valence-electron chi connectivity index (χ4n) is 4.92. The number of rotatable bonds is 15. The minimum absolute atomic E-state index is 0.0125. The SMILES string of the molecule is CCCC[C@H](C)CC(=O)C=C[C@@H]1[C@@H](CC=CCCCC(=O)OC)[C@H](Cl)C[C@H]1OC1CCCCO1. The van der Waals surface area contributed by atoms with Crippen LogP contribution in [0.2, 0.25) is 0 Å². The van der Waals surface area contributed by atoms with Crippen molar-refractivity contribution in [2.75, 3.05) is 13.7 Å². The van der Waals surface area contributed by atoms with Crippen LogP contribution in [-0.2, 0) is 23.8 Å². The summed E-state index contributed by atoms with van der Waals surface area (Å²) in [7, 11) is 1.42. The Kier molecular flexibility index (Phi) is 14.1. The van der Waals surface area contributed by atoms with Gasteiger partial charge >= 0.3 is 5.97 Å². The second-order valence-corrected chi connectivity index (χ2v) is 10.5. The van der Waals surface area contributed by atoms with Gasteiger partial charge < -0.3 is 14.2 Å². The van der Waals surface area contributed by atoms with Gasteiger partial charge in [0.2, 0.25) is 0 Å². The number of methoxy groups -OCH3 is 1. The molecule has 0 radical (unpaired) electrons. The average Bonchev–Trinajstić information content (AvgIpc) is 3.12. The van der Waals surface area contributed by atoms with Crippen LogP contribution in [0.5, 0.6) is 0 Å². The number of ether oxygens (including phenoxy) is 3. The summed E-state index contributed by atoms with van der Waals surface area (Å²) in [6.45, 7) is 5.08. The zero-order valence-corrected chi connectivity index (χ0v) is 22.1. The third kappa shape index (κ3) is 10.6. The zero-order valence-electron chi connectivity index (χ0n) is 21.4. The minimum Gasteiger partial charge on any atom is -0.469 e. The van der Waals surface area contributed by atoms with Gasteiger partial charge in [0.1, 0.15) is 0 Å². The lowest BCUT2D eigenvalue weighted by molar-refractivity contribution is -0.192. The van der Waals surface area contributed by atoms with Crippen molar-refractivity contribution >= 4 is 23.4 Å². The van der Waals surface area contributed by atoms with Gasteiger partial charge in [-0.3, -0.25) is 9.59 Å². The van der Waals surface area contributed by atoms with Gasteiger partial charge in [-0.15, -0.1) is 11.6 Å². The number of halogens is 1. The van der Waals surface area contributed by atoms with Crippen LogP contribution < -0.4 is 0 Å². The number of carbonyl (C=O) groups excluding carboxylic acids is 2. The monoisotopic (exact) mass is 496 g/mol. The van der Waals surface area contributed by atoms with Gasteiger partial charge in [0, 0.05) is 30.7 Å². The van der Waals surface area contributed by atoms with E-state index in [2.05, 4.69) is 36.8 Å². The lowest BCUT2D eigenvalue weighted by Gasteiger charge is -2.29. The molecule has 1 aliphatic carbocycles. The zero-order chi connectivity index (χ0) is 24.8. The van der Waals surface area contributed by atoms with Crippen molar-refractivity contribution in [1.82, 2.24) is 0 Å². The second kappa shape index (κ2) is 16.5. The lowest BCUT2D eigenvalue weighted by Crippen LogP contribution is -2.30. The number of alkyl halides is 1. The number of esters is 1. The molecular formula is C28H45ClO5. The highest BCUT2D eigenvalue weighted by Gasteiger charge is 2.42. The number of unbranched alkanes of at least 4 members (excludes halogenated alkanes) is 2. The van der Waals surface area contributed by atoms with Crippen molar-refractivity contribution in [2.45, 2.75) is 109 Å². The molecule has 2 fully saturated rings. The Morgan fingerprint density at radius 1 is 1.21 bits per heavy atom. The molecule has 1 unspecified atom stereocenters. The molecule has 2 aliphatic rings. The van der Waals surface area contributed by atoms with E-state index >= 15 is 0 Å². The minimum atomic E-state index is -0.172. The number of carbonyl (C=O) groups is 2. The number of hydrogen-bond acceptors (Lipinski definition) is 5. The molecule has 0 bridgehead atoms. The first-order chi connectivity index (χ1) is 16.4. The van der Waals surface area contributed by atoms with E-state index < -0.39 is 0 Å². The molecule has 0 amide bonds. The maximum absolute atomic E-state index is 12.6. The Morgan fingerprint density at radius 2 is 2.03 bits per heavy atom. The van der Waals surface area contributed by atoms with E-state index in [4.69, 9.17) is 21.1 Å². The summed E-state index contributed by atoms with van der Waals surface area (Å²) in [6.07, 6.45) is 18.7. The highest BCUT2D eigenvalue weighted by Crippen LogP contribution is 2.42. The smallest absolute Gasteiger partial charge is 0.305 e. The standard InChI is InChI=1S/C28H45ClO5/c1-4-5-12-21(2)19-22(30)16-17-24-23(13-8-6-7-9-14-27(31)32-3)25(29)20-26(24)34-28-15-10-11-18-33-28/h6,8,16-17,21,23-26,28H,4-5,7,9-15,18-20H2,1-3H3/t21-,23+,24+,25+,26+,28?/m0/s1. The fraction of sp³-hybridized carbons (Fsp3) is 0.786. The lowest BCUT2D eigenvalue weighted by atomic mass is 9.90. The highest BCUT2D eigenvalue weighted by atomic mass is 35.5. The molecule has 0 N–H and O–H groups in total. The predicted octanol–water partition coefficient (Wildman–Crippen LogP) is 6.77. The Labute approximate surface area is 211 Å². The molecule has 6 heteroatoms. The van der Waals surface area contributed by atoms with E-state index in [0.717, 1.165) is 64.4 Å². The molecule has 1 aliphatic heterocycles.